The van der Waals surface area contributed by atoms with Crippen LogP contribution in [0.25, 0.3) is 0 Å². The van der Waals surface area contributed by atoms with Crippen molar-refractivity contribution in [2.75, 3.05) is 11.9 Å². The fourth-order valence-corrected chi connectivity index (χ4v) is 1.96. The van der Waals surface area contributed by atoms with Crippen molar-refractivity contribution in [2.45, 2.75) is 45.6 Å². The molecule has 1 aromatic rings. The molecule has 0 spiro atoms. The van der Waals surface area contributed by atoms with Gasteiger partial charge in [-0.15, -0.1) is 0 Å². The Kier molecular flexibility index (Phi) is 4.18. The van der Waals surface area contributed by atoms with Crippen LogP contribution in [0.1, 0.15) is 39.5 Å². The number of anilines is 1. The molecule has 0 radical (unpaired) electrons. The van der Waals surface area contributed by atoms with E-state index in [1.165, 1.54) is 19.3 Å². The van der Waals surface area contributed by atoms with Crippen LogP contribution in [0.4, 0.5) is 5.95 Å². The summed E-state index contributed by atoms with van der Waals surface area (Å²) < 4.78 is 5.49. The van der Waals surface area contributed by atoms with Crippen molar-refractivity contribution in [3.63, 3.8) is 0 Å². The molecule has 2 rings (SSSR count). The van der Waals surface area contributed by atoms with Crippen LogP contribution in [0.2, 0.25) is 0 Å². The van der Waals surface area contributed by atoms with Crippen LogP contribution in [0.3, 0.4) is 0 Å². The van der Waals surface area contributed by atoms with E-state index >= 15 is 0 Å². The third kappa shape index (κ3) is 3.32. The van der Waals surface area contributed by atoms with Crippen LogP contribution >= 0.6 is 0 Å². The Balaban J connectivity index is 1.90. The third-order valence-corrected chi connectivity index (χ3v) is 3.30. The predicted molar refractivity (Wildman–Crippen MR) is 68.2 cm³/mol. The molecule has 1 aliphatic carbocycles. The van der Waals surface area contributed by atoms with Gasteiger partial charge in [-0.1, -0.05) is 13.3 Å². The van der Waals surface area contributed by atoms with E-state index in [1.54, 1.807) is 12.3 Å². The first-order chi connectivity index (χ1) is 8.29. The molecule has 1 N–H and O–H groups in total. The molecular formula is C13H21N3O. The van der Waals surface area contributed by atoms with Gasteiger partial charge in [0.25, 0.3) is 0 Å². The fraction of sp³-hybridized carbons (Fsp3) is 0.692. The molecule has 1 saturated carbocycles. The highest BCUT2D eigenvalue weighted by molar-refractivity contribution is 5.29. The quantitative estimate of drug-likeness (QED) is 0.823. The second kappa shape index (κ2) is 5.84. The molecule has 94 valence electrons. The van der Waals surface area contributed by atoms with Crippen molar-refractivity contribution in [2.24, 2.45) is 5.92 Å². The number of hydrogen-bond donors (Lipinski definition) is 1. The summed E-state index contributed by atoms with van der Waals surface area (Å²) in [7, 11) is 0. The molecule has 1 aliphatic rings. The van der Waals surface area contributed by atoms with Gasteiger partial charge in [-0.25, -0.2) is 4.98 Å². The molecule has 1 heterocycles. The van der Waals surface area contributed by atoms with Crippen LogP contribution in [-0.2, 0) is 0 Å². The number of ether oxygens (including phenoxy) is 1. The molecule has 1 aromatic heterocycles. The number of nitrogens with one attached hydrogen (secondary N) is 1. The van der Waals surface area contributed by atoms with Gasteiger partial charge in [0, 0.05) is 18.3 Å². The topological polar surface area (TPSA) is 47.0 Å². The number of nitrogens with zero attached hydrogens (tertiary/aromatic N) is 2. The summed E-state index contributed by atoms with van der Waals surface area (Å²) in [6.45, 7) is 4.99. The van der Waals surface area contributed by atoms with Crippen molar-refractivity contribution in [3.8, 4) is 5.88 Å². The zero-order valence-corrected chi connectivity index (χ0v) is 10.6. The number of hydrogen-bond acceptors (Lipinski definition) is 4. The Morgan fingerprint density at radius 3 is 3.00 bits per heavy atom. The highest BCUT2D eigenvalue weighted by atomic mass is 16.5. The third-order valence-electron chi connectivity index (χ3n) is 3.30. The van der Waals surface area contributed by atoms with Gasteiger partial charge in [-0.05, 0) is 32.1 Å². The van der Waals surface area contributed by atoms with Crippen molar-refractivity contribution in [1.82, 2.24) is 9.97 Å². The monoisotopic (exact) mass is 235 g/mol. The molecule has 1 unspecified atom stereocenters. The summed E-state index contributed by atoms with van der Waals surface area (Å²) in [5.41, 5.74) is 0. The SMILES string of the molecule is CCCOc1ccnc(NC(C)C2CCC2)n1. The number of aromatic nitrogens is 2. The summed E-state index contributed by atoms with van der Waals surface area (Å²) in [6.07, 6.45) is 6.73. The summed E-state index contributed by atoms with van der Waals surface area (Å²) in [6, 6.07) is 2.25. The highest BCUT2D eigenvalue weighted by Gasteiger charge is 2.24. The fourth-order valence-electron chi connectivity index (χ4n) is 1.96. The standard InChI is InChI=1S/C13H21N3O/c1-3-9-17-12-7-8-14-13(16-12)15-10(2)11-5-4-6-11/h7-8,10-11H,3-6,9H2,1-2H3,(H,14,15,16). The molecule has 4 heteroatoms. The molecule has 4 nitrogen and oxygen atoms in total. The minimum atomic E-state index is 0.449. The lowest BCUT2D eigenvalue weighted by Gasteiger charge is -2.31. The van der Waals surface area contributed by atoms with Gasteiger partial charge in [0.05, 0.1) is 6.61 Å². The average Bonchev–Trinajstić information content (AvgIpc) is 2.24. The van der Waals surface area contributed by atoms with E-state index in [4.69, 9.17) is 4.74 Å². The smallest absolute Gasteiger partial charge is 0.226 e. The van der Waals surface area contributed by atoms with Crippen molar-refractivity contribution in [3.05, 3.63) is 12.3 Å². The maximum atomic E-state index is 5.49. The van der Waals surface area contributed by atoms with Crippen molar-refractivity contribution in [1.29, 1.82) is 0 Å². The van der Waals surface area contributed by atoms with Crippen LogP contribution in [-0.4, -0.2) is 22.6 Å². The summed E-state index contributed by atoms with van der Waals surface area (Å²) in [5, 5.41) is 3.36. The Labute approximate surface area is 103 Å². The molecule has 17 heavy (non-hydrogen) atoms. The summed E-state index contributed by atoms with van der Waals surface area (Å²) in [4.78, 5) is 8.57. The Bertz CT molecular complexity index is 352. The maximum absolute atomic E-state index is 5.49. The molecule has 0 saturated heterocycles. The first-order valence-electron chi connectivity index (χ1n) is 6.52. The second-order valence-corrected chi connectivity index (χ2v) is 4.69. The van der Waals surface area contributed by atoms with Gasteiger partial charge in [0.2, 0.25) is 11.8 Å². The van der Waals surface area contributed by atoms with Gasteiger partial charge < -0.3 is 10.1 Å². The van der Waals surface area contributed by atoms with E-state index in [-0.39, 0.29) is 0 Å². The van der Waals surface area contributed by atoms with E-state index in [1.807, 2.05) is 0 Å². The second-order valence-electron chi connectivity index (χ2n) is 4.69. The average molecular weight is 235 g/mol. The number of rotatable bonds is 6. The molecule has 1 atom stereocenters. The predicted octanol–water partition coefficient (Wildman–Crippen LogP) is 2.87. The summed E-state index contributed by atoms with van der Waals surface area (Å²) in [5.74, 6) is 2.11. The van der Waals surface area contributed by atoms with Gasteiger partial charge in [0.15, 0.2) is 0 Å². The van der Waals surface area contributed by atoms with E-state index in [0.29, 0.717) is 24.5 Å². The van der Waals surface area contributed by atoms with Crippen LogP contribution in [0.5, 0.6) is 5.88 Å². The molecular weight excluding hydrogens is 214 g/mol. The summed E-state index contributed by atoms with van der Waals surface area (Å²) >= 11 is 0. The first kappa shape index (κ1) is 12.1. The zero-order chi connectivity index (χ0) is 12.1. The van der Waals surface area contributed by atoms with Crippen LogP contribution < -0.4 is 10.1 Å². The minimum absolute atomic E-state index is 0.449. The molecule has 0 aromatic carbocycles. The van der Waals surface area contributed by atoms with Gasteiger partial charge in [-0.2, -0.15) is 4.98 Å². The molecule has 1 fully saturated rings. The van der Waals surface area contributed by atoms with E-state index < -0.39 is 0 Å². The van der Waals surface area contributed by atoms with E-state index in [9.17, 15) is 0 Å². The molecule has 0 aliphatic heterocycles. The molecule has 0 bridgehead atoms. The lowest BCUT2D eigenvalue weighted by atomic mass is 9.80. The first-order valence-corrected chi connectivity index (χ1v) is 6.52. The molecule has 0 amide bonds. The van der Waals surface area contributed by atoms with Gasteiger partial charge in [-0.3, -0.25) is 0 Å². The van der Waals surface area contributed by atoms with Crippen LogP contribution in [0, 0.1) is 5.92 Å². The largest absolute Gasteiger partial charge is 0.478 e. The Hall–Kier alpha value is -1.32. The van der Waals surface area contributed by atoms with Crippen LogP contribution in [0.15, 0.2) is 12.3 Å². The lowest BCUT2D eigenvalue weighted by molar-refractivity contribution is 0.283. The Morgan fingerprint density at radius 1 is 1.53 bits per heavy atom. The van der Waals surface area contributed by atoms with Gasteiger partial charge >= 0.3 is 0 Å². The maximum Gasteiger partial charge on any atom is 0.226 e. The normalized spacial score (nSPS) is 17.3. The van der Waals surface area contributed by atoms with E-state index in [0.717, 1.165) is 12.3 Å². The lowest BCUT2D eigenvalue weighted by Crippen LogP contribution is -2.31. The van der Waals surface area contributed by atoms with Crippen molar-refractivity contribution >= 4 is 5.95 Å². The highest BCUT2D eigenvalue weighted by Crippen LogP contribution is 2.30. The van der Waals surface area contributed by atoms with E-state index in [2.05, 4.69) is 29.1 Å². The zero-order valence-electron chi connectivity index (χ0n) is 10.6. The Morgan fingerprint density at radius 2 is 2.35 bits per heavy atom. The van der Waals surface area contributed by atoms with Crippen molar-refractivity contribution < 1.29 is 4.74 Å². The minimum Gasteiger partial charge on any atom is -0.478 e. The van der Waals surface area contributed by atoms with Gasteiger partial charge in [0.1, 0.15) is 0 Å².